The van der Waals surface area contributed by atoms with Gasteiger partial charge < -0.3 is 4.90 Å². The molecule has 2 aliphatic rings. The van der Waals surface area contributed by atoms with Gasteiger partial charge in [-0.3, -0.25) is 0 Å². The summed E-state index contributed by atoms with van der Waals surface area (Å²) in [6.45, 7) is 0. The first kappa shape index (κ1) is 32.2. The predicted molar refractivity (Wildman–Crippen MR) is 234 cm³/mol. The van der Waals surface area contributed by atoms with E-state index in [9.17, 15) is 0 Å². The van der Waals surface area contributed by atoms with E-state index in [0.717, 1.165) is 17.1 Å². The van der Waals surface area contributed by atoms with E-state index < -0.39 is 5.41 Å². The summed E-state index contributed by atoms with van der Waals surface area (Å²) in [5.74, 6) is 0. The number of anilines is 3. The van der Waals surface area contributed by atoms with Crippen molar-refractivity contribution in [1.82, 2.24) is 0 Å². The van der Waals surface area contributed by atoms with Crippen LogP contribution in [0.2, 0.25) is 0 Å². The molecule has 11 rings (SSSR count). The van der Waals surface area contributed by atoms with Gasteiger partial charge in [0.15, 0.2) is 0 Å². The second-order valence-corrected chi connectivity index (χ2v) is 14.8. The van der Waals surface area contributed by atoms with Gasteiger partial charge in [0.2, 0.25) is 0 Å². The molecule has 0 heterocycles. The van der Waals surface area contributed by atoms with Gasteiger partial charge in [-0.1, -0.05) is 194 Å². The van der Waals surface area contributed by atoms with Crippen LogP contribution in [-0.2, 0) is 5.41 Å². The molecule has 0 amide bonds. The van der Waals surface area contributed by atoms with Crippen LogP contribution in [0.15, 0.2) is 224 Å². The standard InChI is InChI=1S/C55H37N/c1-4-17-38(18-5-1)40-31-34-43(35-32-40)56(52-29-15-12-23-44(52)41-21-8-3-9-22-41)53-30-16-28-50-54(53)47-36-33-42(39-19-6-2-7-20-39)37-51(47)55(50)48-26-13-10-24-45(48)46-25-11-14-27-49(46)55/h1-37H. The Hall–Kier alpha value is -7.22. The first-order valence-corrected chi connectivity index (χ1v) is 19.4. The highest BCUT2D eigenvalue weighted by Gasteiger charge is 2.52. The van der Waals surface area contributed by atoms with E-state index >= 15 is 0 Å². The average Bonchev–Trinajstić information content (AvgIpc) is 3.75. The monoisotopic (exact) mass is 711 g/mol. The molecule has 56 heavy (non-hydrogen) atoms. The van der Waals surface area contributed by atoms with Crippen molar-refractivity contribution in [3.8, 4) is 55.6 Å². The minimum atomic E-state index is -0.486. The molecule has 0 atom stereocenters. The molecule has 9 aromatic rings. The van der Waals surface area contributed by atoms with Gasteiger partial charge in [-0.15, -0.1) is 0 Å². The van der Waals surface area contributed by atoms with Crippen LogP contribution in [0.3, 0.4) is 0 Å². The molecule has 0 aromatic heterocycles. The SMILES string of the molecule is c1ccc(-c2ccc(N(c3ccccc3-c3ccccc3)c3cccc4c3-c3ccc(-c5ccccc5)cc3C43c4ccccc4-c4ccccc43)cc2)cc1. The van der Waals surface area contributed by atoms with Gasteiger partial charge in [0.25, 0.3) is 0 Å². The number of hydrogen-bond acceptors (Lipinski definition) is 1. The number of fused-ring (bicyclic) bond motifs is 10. The van der Waals surface area contributed by atoms with E-state index in [4.69, 9.17) is 0 Å². The first-order chi connectivity index (χ1) is 27.8. The minimum absolute atomic E-state index is 0.486. The molecule has 2 aliphatic carbocycles. The van der Waals surface area contributed by atoms with Crippen molar-refractivity contribution in [2.75, 3.05) is 4.90 Å². The van der Waals surface area contributed by atoms with Crippen molar-refractivity contribution in [2.24, 2.45) is 0 Å². The van der Waals surface area contributed by atoms with Gasteiger partial charge in [-0.05, 0) is 97.1 Å². The van der Waals surface area contributed by atoms with E-state index in [0.29, 0.717) is 0 Å². The fourth-order valence-corrected chi connectivity index (χ4v) is 9.54. The van der Waals surface area contributed by atoms with Crippen molar-refractivity contribution in [2.45, 2.75) is 5.41 Å². The molecule has 1 heteroatoms. The van der Waals surface area contributed by atoms with E-state index in [1.165, 1.54) is 77.9 Å². The maximum absolute atomic E-state index is 2.50. The summed E-state index contributed by atoms with van der Waals surface area (Å²) in [5.41, 5.74) is 20.6. The summed E-state index contributed by atoms with van der Waals surface area (Å²) < 4.78 is 0. The van der Waals surface area contributed by atoms with Crippen LogP contribution < -0.4 is 4.90 Å². The van der Waals surface area contributed by atoms with E-state index in [-0.39, 0.29) is 0 Å². The molecule has 0 N–H and O–H groups in total. The fraction of sp³-hybridized carbons (Fsp3) is 0.0182. The molecule has 0 saturated carbocycles. The molecular weight excluding hydrogens is 675 g/mol. The largest absolute Gasteiger partial charge is 0.309 e. The Kier molecular flexibility index (Phi) is 7.47. The van der Waals surface area contributed by atoms with Crippen molar-refractivity contribution in [3.05, 3.63) is 247 Å². The Morgan fingerprint density at radius 1 is 0.268 bits per heavy atom. The van der Waals surface area contributed by atoms with Crippen LogP contribution in [0.1, 0.15) is 22.3 Å². The molecule has 0 saturated heterocycles. The fourth-order valence-electron chi connectivity index (χ4n) is 9.54. The summed E-state index contributed by atoms with van der Waals surface area (Å²) in [5, 5.41) is 0. The first-order valence-electron chi connectivity index (χ1n) is 19.4. The Morgan fingerprint density at radius 3 is 1.38 bits per heavy atom. The number of hydrogen-bond donors (Lipinski definition) is 0. The molecule has 0 fully saturated rings. The third-order valence-electron chi connectivity index (χ3n) is 11.9. The van der Waals surface area contributed by atoms with Crippen molar-refractivity contribution < 1.29 is 0 Å². The van der Waals surface area contributed by atoms with Crippen LogP contribution in [0.4, 0.5) is 17.1 Å². The maximum atomic E-state index is 2.50. The molecule has 0 bridgehead atoms. The Bertz CT molecular complexity index is 2850. The Morgan fingerprint density at radius 2 is 0.732 bits per heavy atom. The van der Waals surface area contributed by atoms with Gasteiger partial charge in [0.1, 0.15) is 0 Å². The van der Waals surface area contributed by atoms with Gasteiger partial charge in [-0.25, -0.2) is 0 Å². The summed E-state index contributed by atoms with van der Waals surface area (Å²) in [6.07, 6.45) is 0. The van der Waals surface area contributed by atoms with Crippen LogP contribution in [0.5, 0.6) is 0 Å². The Balaban J connectivity index is 1.22. The van der Waals surface area contributed by atoms with Crippen molar-refractivity contribution in [1.29, 1.82) is 0 Å². The van der Waals surface area contributed by atoms with Crippen molar-refractivity contribution >= 4 is 17.1 Å². The molecule has 1 spiro atoms. The second-order valence-electron chi connectivity index (χ2n) is 14.8. The van der Waals surface area contributed by atoms with E-state index in [1.54, 1.807) is 0 Å². The van der Waals surface area contributed by atoms with E-state index in [2.05, 4.69) is 229 Å². The molecule has 0 aliphatic heterocycles. The van der Waals surface area contributed by atoms with Gasteiger partial charge >= 0.3 is 0 Å². The summed E-state index contributed by atoms with van der Waals surface area (Å²) in [4.78, 5) is 2.50. The quantitative estimate of drug-likeness (QED) is 0.166. The predicted octanol–water partition coefficient (Wildman–Crippen LogP) is 14.5. The maximum Gasteiger partial charge on any atom is 0.0726 e. The smallest absolute Gasteiger partial charge is 0.0726 e. The number of rotatable bonds is 6. The Labute approximate surface area is 328 Å². The molecular formula is C55H37N. The minimum Gasteiger partial charge on any atom is -0.309 e. The average molecular weight is 712 g/mol. The van der Waals surface area contributed by atoms with Crippen molar-refractivity contribution in [3.63, 3.8) is 0 Å². The third-order valence-corrected chi connectivity index (χ3v) is 11.9. The number of nitrogens with zero attached hydrogens (tertiary/aromatic N) is 1. The van der Waals surface area contributed by atoms with Gasteiger partial charge in [0, 0.05) is 16.8 Å². The van der Waals surface area contributed by atoms with Crippen LogP contribution in [0, 0.1) is 0 Å². The van der Waals surface area contributed by atoms with Crippen LogP contribution in [0.25, 0.3) is 55.6 Å². The van der Waals surface area contributed by atoms with Gasteiger partial charge in [-0.2, -0.15) is 0 Å². The number of benzene rings is 9. The highest BCUT2D eigenvalue weighted by Crippen LogP contribution is 2.65. The lowest BCUT2D eigenvalue weighted by molar-refractivity contribution is 0.794. The number of para-hydroxylation sites is 1. The highest BCUT2D eigenvalue weighted by molar-refractivity contribution is 6.03. The molecule has 9 aromatic carbocycles. The normalized spacial score (nSPS) is 12.8. The van der Waals surface area contributed by atoms with Crippen LogP contribution in [-0.4, -0.2) is 0 Å². The zero-order chi connectivity index (χ0) is 37.1. The lowest BCUT2D eigenvalue weighted by Crippen LogP contribution is -2.26. The van der Waals surface area contributed by atoms with Crippen LogP contribution >= 0.6 is 0 Å². The lowest BCUT2D eigenvalue weighted by Gasteiger charge is -2.32. The second kappa shape index (κ2) is 13.0. The summed E-state index contributed by atoms with van der Waals surface area (Å²) in [6, 6.07) is 82.5. The lowest BCUT2D eigenvalue weighted by atomic mass is 9.70. The topological polar surface area (TPSA) is 3.24 Å². The molecule has 1 nitrogen and oxygen atoms in total. The molecule has 0 unspecified atom stereocenters. The van der Waals surface area contributed by atoms with Gasteiger partial charge in [0.05, 0.1) is 16.8 Å². The van der Waals surface area contributed by atoms with E-state index in [1.807, 2.05) is 0 Å². The highest BCUT2D eigenvalue weighted by atomic mass is 15.1. The molecule has 0 radical (unpaired) electrons. The third kappa shape index (κ3) is 4.81. The molecule has 262 valence electrons. The zero-order valence-electron chi connectivity index (χ0n) is 30.8. The summed E-state index contributed by atoms with van der Waals surface area (Å²) in [7, 11) is 0. The zero-order valence-corrected chi connectivity index (χ0v) is 30.8. The summed E-state index contributed by atoms with van der Waals surface area (Å²) >= 11 is 0.